The quantitative estimate of drug-likeness (QED) is 0.288. The first kappa shape index (κ1) is 28.4. The summed E-state index contributed by atoms with van der Waals surface area (Å²) in [5, 5.41) is 14.0. The molecule has 3 aromatic rings. The lowest BCUT2D eigenvalue weighted by molar-refractivity contribution is 0.0999. The molecule has 8 nitrogen and oxygen atoms in total. The van der Waals surface area contributed by atoms with Crippen LogP contribution in [0.2, 0.25) is 0 Å². The highest BCUT2D eigenvalue weighted by atomic mass is 32.2. The molecule has 1 aliphatic heterocycles. The maximum absolute atomic E-state index is 13.5. The molecular formula is C30H37N3O5S2. The van der Waals surface area contributed by atoms with Crippen LogP contribution in [-0.4, -0.2) is 50.0 Å². The average Bonchev–Trinajstić information content (AvgIpc) is 3.44. The first-order valence-electron chi connectivity index (χ1n) is 13.9. The van der Waals surface area contributed by atoms with E-state index in [4.69, 9.17) is 10.5 Å². The molecule has 0 unspecified atom stereocenters. The van der Waals surface area contributed by atoms with Crippen LogP contribution in [0, 0.1) is 0 Å². The van der Waals surface area contributed by atoms with Gasteiger partial charge in [-0.3, -0.25) is 4.79 Å². The summed E-state index contributed by atoms with van der Waals surface area (Å²) in [7, 11) is -2.10. The molecule has 2 aliphatic rings. The fraction of sp³-hybridized carbons (Fsp3) is 0.433. The summed E-state index contributed by atoms with van der Waals surface area (Å²) in [4.78, 5) is 12.8. The number of nitrogens with zero attached hydrogens (tertiary/aromatic N) is 1. The van der Waals surface area contributed by atoms with Crippen LogP contribution in [0.15, 0.2) is 52.7 Å². The number of hydrogen-bond donors (Lipinski definition) is 3. The van der Waals surface area contributed by atoms with E-state index >= 15 is 0 Å². The van der Waals surface area contributed by atoms with Crippen LogP contribution in [0.1, 0.15) is 77.2 Å². The first-order valence-corrected chi connectivity index (χ1v) is 16.2. The molecule has 0 bridgehead atoms. The minimum Gasteiger partial charge on any atom is -0.508 e. The maximum Gasteiger partial charge on any atom is 0.252 e. The Morgan fingerprint density at radius 1 is 1.07 bits per heavy atom. The lowest BCUT2D eigenvalue weighted by Gasteiger charge is -2.32. The van der Waals surface area contributed by atoms with Crippen molar-refractivity contribution < 1.29 is 23.1 Å². The Kier molecular flexibility index (Phi) is 8.68. The number of rotatable bonds is 9. The highest BCUT2D eigenvalue weighted by Gasteiger charge is 2.31. The zero-order chi connectivity index (χ0) is 28.3. The minimum atomic E-state index is -3.63. The van der Waals surface area contributed by atoms with Gasteiger partial charge in [-0.25, -0.2) is 8.42 Å². The molecular weight excluding hydrogens is 546 g/mol. The smallest absolute Gasteiger partial charge is 0.252 e. The van der Waals surface area contributed by atoms with E-state index in [0.717, 1.165) is 29.0 Å². The van der Waals surface area contributed by atoms with Gasteiger partial charge >= 0.3 is 0 Å². The Labute approximate surface area is 240 Å². The summed E-state index contributed by atoms with van der Waals surface area (Å²) in [6.45, 7) is 0.859. The van der Waals surface area contributed by atoms with E-state index in [2.05, 4.69) is 11.4 Å². The highest BCUT2D eigenvalue weighted by Crippen LogP contribution is 2.39. The van der Waals surface area contributed by atoms with E-state index in [-0.39, 0.29) is 6.04 Å². The fourth-order valence-electron chi connectivity index (χ4n) is 5.92. The summed E-state index contributed by atoms with van der Waals surface area (Å²) in [6, 6.07) is 14.5. The Bertz CT molecular complexity index is 1460. The van der Waals surface area contributed by atoms with E-state index in [0.29, 0.717) is 65.1 Å². The summed E-state index contributed by atoms with van der Waals surface area (Å²) >= 11 is 1.21. The molecule has 214 valence electrons. The predicted molar refractivity (Wildman–Crippen MR) is 158 cm³/mol. The zero-order valence-corrected chi connectivity index (χ0v) is 24.4. The molecule has 1 saturated heterocycles. The van der Waals surface area contributed by atoms with Crippen molar-refractivity contribution in [1.82, 2.24) is 4.31 Å². The number of benzene rings is 2. The third kappa shape index (κ3) is 6.14. The van der Waals surface area contributed by atoms with Crippen LogP contribution in [-0.2, 0) is 16.4 Å². The van der Waals surface area contributed by atoms with Crippen LogP contribution < -0.4 is 15.8 Å². The number of phenols is 1. The van der Waals surface area contributed by atoms with Gasteiger partial charge in [-0.05, 0) is 79.6 Å². The number of primary amides is 1. The van der Waals surface area contributed by atoms with Gasteiger partial charge < -0.3 is 20.9 Å². The summed E-state index contributed by atoms with van der Waals surface area (Å²) in [5.41, 5.74) is 8.58. The second-order valence-electron chi connectivity index (χ2n) is 10.7. The summed E-state index contributed by atoms with van der Waals surface area (Å²) < 4.78 is 34.2. The van der Waals surface area contributed by atoms with Crippen molar-refractivity contribution in [3.05, 3.63) is 70.1 Å². The predicted octanol–water partition coefficient (Wildman–Crippen LogP) is 5.46. The highest BCUT2D eigenvalue weighted by molar-refractivity contribution is 7.91. The zero-order valence-electron chi connectivity index (χ0n) is 22.8. The number of sulfonamides is 1. The molecule has 1 aromatic heterocycles. The van der Waals surface area contributed by atoms with Crippen LogP contribution in [0.5, 0.6) is 11.5 Å². The molecule has 10 heteroatoms. The van der Waals surface area contributed by atoms with Crippen molar-refractivity contribution in [2.24, 2.45) is 5.73 Å². The van der Waals surface area contributed by atoms with Gasteiger partial charge in [-0.2, -0.15) is 4.31 Å². The van der Waals surface area contributed by atoms with Crippen molar-refractivity contribution in [3.8, 4) is 11.5 Å². The Morgan fingerprint density at radius 3 is 2.52 bits per heavy atom. The van der Waals surface area contributed by atoms with Crippen LogP contribution in [0.4, 0.5) is 5.69 Å². The molecule has 2 aromatic carbocycles. The van der Waals surface area contributed by atoms with Crippen molar-refractivity contribution >= 4 is 33.0 Å². The molecule has 2 heterocycles. The number of ether oxygens (including phenoxy) is 1. The molecule has 0 spiro atoms. The second-order valence-corrected chi connectivity index (χ2v) is 14.0. The van der Waals surface area contributed by atoms with E-state index in [1.54, 1.807) is 40.7 Å². The van der Waals surface area contributed by atoms with Gasteiger partial charge in [0.05, 0.1) is 7.11 Å². The van der Waals surface area contributed by atoms with Crippen LogP contribution >= 0.6 is 11.3 Å². The van der Waals surface area contributed by atoms with E-state index in [1.807, 2.05) is 6.07 Å². The number of methoxy groups -OCH3 is 1. The fourth-order valence-corrected chi connectivity index (χ4v) is 8.92. The Hall–Kier alpha value is -3.08. The van der Waals surface area contributed by atoms with Gasteiger partial charge in [0, 0.05) is 47.2 Å². The van der Waals surface area contributed by atoms with Crippen molar-refractivity contribution in [3.63, 3.8) is 0 Å². The topological polar surface area (TPSA) is 122 Å². The molecule has 2 fully saturated rings. The maximum atomic E-state index is 13.5. The van der Waals surface area contributed by atoms with Crippen LogP contribution in [0.25, 0.3) is 0 Å². The number of aromatic hydroxyl groups is 1. The van der Waals surface area contributed by atoms with E-state index < -0.39 is 15.9 Å². The van der Waals surface area contributed by atoms with Crippen molar-refractivity contribution in [1.29, 1.82) is 0 Å². The number of carbonyl (C=O) groups excluding carboxylic acids is 1. The Balaban J connectivity index is 1.22. The molecule has 0 atom stereocenters. The first-order chi connectivity index (χ1) is 19.3. The lowest BCUT2D eigenvalue weighted by Crippen LogP contribution is -2.42. The normalized spacial score (nSPS) is 17.5. The molecule has 0 radical (unpaired) electrons. The largest absolute Gasteiger partial charge is 0.508 e. The van der Waals surface area contributed by atoms with Gasteiger partial charge in [-0.15, -0.1) is 11.3 Å². The van der Waals surface area contributed by atoms with Crippen LogP contribution in [0.3, 0.4) is 0 Å². The molecule has 1 saturated carbocycles. The number of anilines is 1. The van der Waals surface area contributed by atoms with Crippen molar-refractivity contribution in [2.75, 3.05) is 25.5 Å². The lowest BCUT2D eigenvalue weighted by atomic mass is 9.83. The van der Waals surface area contributed by atoms with Gasteiger partial charge in [0.15, 0.2) is 0 Å². The minimum absolute atomic E-state index is 0.159. The third-order valence-electron chi connectivity index (χ3n) is 8.10. The third-order valence-corrected chi connectivity index (χ3v) is 11.5. The van der Waals surface area contributed by atoms with Crippen molar-refractivity contribution in [2.45, 2.75) is 67.5 Å². The number of hydrogen-bond acceptors (Lipinski definition) is 7. The van der Waals surface area contributed by atoms with Gasteiger partial charge in [0.25, 0.3) is 10.0 Å². The number of nitrogens with one attached hydrogen (secondary N) is 1. The molecule has 40 heavy (non-hydrogen) atoms. The number of piperidine rings is 1. The van der Waals surface area contributed by atoms with E-state index in [1.165, 1.54) is 37.7 Å². The summed E-state index contributed by atoms with van der Waals surface area (Å²) in [5.74, 6) is 0.768. The SMILES string of the molecule is COc1cccc(C(N)=O)c1Cc1ccc(S(=O)(=O)N2CCC(Nc3ccc(O)c(C4CCCCC4)c3)CC2)s1. The molecule has 1 amide bonds. The number of nitrogens with two attached hydrogens (primary N) is 1. The van der Waals surface area contributed by atoms with Gasteiger partial charge in [-0.1, -0.05) is 25.3 Å². The van der Waals surface area contributed by atoms with Gasteiger partial charge in [0.2, 0.25) is 5.91 Å². The number of amides is 1. The standard InChI is InChI=1S/C30H37N3O5S2/c1-38-28-9-5-8-24(30(31)35)26(28)19-23-11-13-29(39-23)40(36,37)33-16-14-21(15-17-33)32-22-10-12-27(34)25(18-22)20-6-3-2-4-7-20/h5,8-13,18,20-21,32,34H,2-4,6-7,14-17,19H2,1H3,(H2,31,35). The number of carbonyl (C=O) groups is 1. The molecule has 1 aliphatic carbocycles. The van der Waals surface area contributed by atoms with Gasteiger partial charge in [0.1, 0.15) is 15.7 Å². The average molecular weight is 584 g/mol. The number of thiophene rings is 1. The number of phenolic OH excluding ortho intramolecular Hbond substituents is 1. The Morgan fingerprint density at radius 2 is 1.82 bits per heavy atom. The molecule has 4 N–H and O–H groups in total. The molecule has 5 rings (SSSR count). The van der Waals surface area contributed by atoms with E-state index in [9.17, 15) is 18.3 Å². The summed E-state index contributed by atoms with van der Waals surface area (Å²) in [6.07, 6.45) is 7.64. The second kappa shape index (κ2) is 12.2. The monoisotopic (exact) mass is 583 g/mol.